The number of likely N-dealkylation sites (tertiary alicyclic amines) is 1. The first-order chi connectivity index (χ1) is 11.7. The first kappa shape index (κ1) is 16.7. The molecule has 2 aromatic carbocycles. The van der Waals surface area contributed by atoms with Crippen LogP contribution in [0, 0.1) is 0 Å². The number of carbonyl (C=O) groups excluding carboxylic acids is 1. The molecule has 1 aliphatic rings. The van der Waals surface area contributed by atoms with Gasteiger partial charge in [-0.2, -0.15) is 0 Å². The first-order valence-corrected chi connectivity index (χ1v) is 8.77. The average Bonchev–Trinajstić information content (AvgIpc) is 2.63. The summed E-state index contributed by atoms with van der Waals surface area (Å²) in [5.41, 5.74) is 2.47. The lowest BCUT2D eigenvalue weighted by molar-refractivity contribution is -0.133. The van der Waals surface area contributed by atoms with E-state index < -0.39 is 0 Å². The second kappa shape index (κ2) is 8.11. The molecule has 0 radical (unpaired) electrons. The molecule has 24 heavy (non-hydrogen) atoms. The highest BCUT2D eigenvalue weighted by Gasteiger charge is 2.24. The van der Waals surface area contributed by atoms with E-state index >= 15 is 0 Å². The SMILES string of the molecule is O=C(CC(Cc1ccccc1)c1ccccc1)N1CCC(O)CC1. The predicted octanol–water partition coefficient (Wildman–Crippen LogP) is 3.39. The molecule has 1 saturated heterocycles. The number of piperidine rings is 1. The van der Waals surface area contributed by atoms with Crippen molar-refractivity contribution < 1.29 is 9.90 Å². The van der Waals surface area contributed by atoms with Gasteiger partial charge in [0.15, 0.2) is 0 Å². The summed E-state index contributed by atoms with van der Waals surface area (Å²) >= 11 is 0. The van der Waals surface area contributed by atoms with Crippen LogP contribution in [0.3, 0.4) is 0 Å². The van der Waals surface area contributed by atoms with Gasteiger partial charge in [-0.3, -0.25) is 4.79 Å². The molecule has 3 nitrogen and oxygen atoms in total. The van der Waals surface area contributed by atoms with E-state index in [1.165, 1.54) is 11.1 Å². The zero-order valence-electron chi connectivity index (χ0n) is 14.0. The fourth-order valence-electron chi connectivity index (χ4n) is 3.39. The molecule has 1 heterocycles. The van der Waals surface area contributed by atoms with E-state index in [9.17, 15) is 9.90 Å². The third-order valence-electron chi connectivity index (χ3n) is 4.83. The van der Waals surface area contributed by atoms with Gasteiger partial charge in [0.25, 0.3) is 0 Å². The van der Waals surface area contributed by atoms with E-state index in [-0.39, 0.29) is 17.9 Å². The van der Waals surface area contributed by atoms with E-state index in [4.69, 9.17) is 0 Å². The van der Waals surface area contributed by atoms with E-state index in [0.717, 1.165) is 6.42 Å². The van der Waals surface area contributed by atoms with Crippen molar-refractivity contribution in [1.82, 2.24) is 4.90 Å². The van der Waals surface area contributed by atoms with Gasteiger partial charge in [0.05, 0.1) is 6.10 Å². The monoisotopic (exact) mass is 323 g/mol. The molecule has 2 aromatic rings. The molecule has 0 aliphatic carbocycles. The highest BCUT2D eigenvalue weighted by Crippen LogP contribution is 2.26. The van der Waals surface area contributed by atoms with E-state index in [1.807, 2.05) is 41.3 Å². The molecule has 3 heteroatoms. The van der Waals surface area contributed by atoms with Crippen LogP contribution in [0.5, 0.6) is 0 Å². The summed E-state index contributed by atoms with van der Waals surface area (Å²) in [6.45, 7) is 1.35. The Labute approximate surface area is 143 Å². The zero-order chi connectivity index (χ0) is 16.8. The molecule has 3 rings (SSSR count). The van der Waals surface area contributed by atoms with E-state index in [1.54, 1.807) is 0 Å². The maximum atomic E-state index is 12.7. The summed E-state index contributed by atoms with van der Waals surface area (Å²) in [5, 5.41) is 9.63. The van der Waals surface area contributed by atoms with Gasteiger partial charge in [0.2, 0.25) is 5.91 Å². The van der Waals surface area contributed by atoms with Gasteiger partial charge in [-0.05, 0) is 36.3 Å². The fraction of sp³-hybridized carbons (Fsp3) is 0.381. The third-order valence-corrected chi connectivity index (χ3v) is 4.83. The fourth-order valence-corrected chi connectivity index (χ4v) is 3.39. The molecular weight excluding hydrogens is 298 g/mol. The molecule has 1 fully saturated rings. The smallest absolute Gasteiger partial charge is 0.223 e. The standard InChI is InChI=1S/C21H25NO2/c23-20-11-13-22(14-12-20)21(24)16-19(18-9-5-2-6-10-18)15-17-7-3-1-4-8-17/h1-10,19-20,23H,11-16H2. The molecule has 0 bridgehead atoms. The number of nitrogens with zero attached hydrogens (tertiary/aromatic N) is 1. The van der Waals surface area contributed by atoms with Crippen LogP contribution < -0.4 is 0 Å². The number of hydrogen-bond acceptors (Lipinski definition) is 2. The van der Waals surface area contributed by atoms with Gasteiger partial charge in [0, 0.05) is 19.5 Å². The van der Waals surface area contributed by atoms with E-state index in [2.05, 4.69) is 24.3 Å². The Morgan fingerprint density at radius 1 is 1.00 bits per heavy atom. The maximum Gasteiger partial charge on any atom is 0.223 e. The Balaban J connectivity index is 1.71. The molecule has 0 saturated carbocycles. The largest absolute Gasteiger partial charge is 0.393 e. The molecule has 1 atom stereocenters. The molecule has 1 amide bonds. The maximum absolute atomic E-state index is 12.7. The minimum Gasteiger partial charge on any atom is -0.393 e. The number of aliphatic hydroxyl groups excluding tert-OH is 1. The average molecular weight is 323 g/mol. The van der Waals surface area contributed by atoms with Crippen molar-refractivity contribution >= 4 is 5.91 Å². The van der Waals surface area contributed by atoms with Crippen molar-refractivity contribution in [1.29, 1.82) is 0 Å². The molecule has 126 valence electrons. The lowest BCUT2D eigenvalue weighted by Gasteiger charge is -2.31. The van der Waals surface area contributed by atoms with Gasteiger partial charge in [-0.15, -0.1) is 0 Å². The van der Waals surface area contributed by atoms with Crippen LogP contribution in [-0.4, -0.2) is 35.1 Å². The summed E-state index contributed by atoms with van der Waals surface area (Å²) in [4.78, 5) is 14.6. The number of amides is 1. The Kier molecular flexibility index (Phi) is 5.65. The topological polar surface area (TPSA) is 40.5 Å². The molecular formula is C21H25NO2. The Morgan fingerprint density at radius 3 is 2.21 bits per heavy atom. The number of carbonyl (C=O) groups is 1. The van der Waals surface area contributed by atoms with Crippen LogP contribution in [0.25, 0.3) is 0 Å². The quantitative estimate of drug-likeness (QED) is 0.916. The van der Waals surface area contributed by atoms with Gasteiger partial charge < -0.3 is 10.0 Å². The molecule has 0 spiro atoms. The van der Waals surface area contributed by atoms with Crippen molar-refractivity contribution in [3.63, 3.8) is 0 Å². The lowest BCUT2D eigenvalue weighted by atomic mass is 9.88. The van der Waals surface area contributed by atoms with Gasteiger partial charge in [-0.25, -0.2) is 0 Å². The van der Waals surface area contributed by atoms with Crippen LogP contribution in [0.15, 0.2) is 60.7 Å². The second-order valence-electron chi connectivity index (χ2n) is 6.61. The highest BCUT2D eigenvalue weighted by atomic mass is 16.3. The molecule has 0 aromatic heterocycles. The lowest BCUT2D eigenvalue weighted by Crippen LogP contribution is -2.40. The predicted molar refractivity (Wildman–Crippen MR) is 95.8 cm³/mol. The number of benzene rings is 2. The zero-order valence-corrected chi connectivity index (χ0v) is 14.0. The molecule has 1 N–H and O–H groups in total. The Bertz CT molecular complexity index is 633. The number of hydrogen-bond donors (Lipinski definition) is 1. The number of rotatable bonds is 5. The summed E-state index contributed by atoms with van der Waals surface area (Å²) in [5.74, 6) is 0.389. The minimum atomic E-state index is -0.247. The minimum absolute atomic E-state index is 0.188. The second-order valence-corrected chi connectivity index (χ2v) is 6.61. The van der Waals surface area contributed by atoms with E-state index in [0.29, 0.717) is 32.4 Å². The summed E-state index contributed by atoms with van der Waals surface area (Å²) in [6, 6.07) is 20.7. The Hall–Kier alpha value is -2.13. The van der Waals surface area contributed by atoms with Crippen LogP contribution in [0.2, 0.25) is 0 Å². The molecule has 1 unspecified atom stereocenters. The molecule has 1 aliphatic heterocycles. The van der Waals surface area contributed by atoms with Crippen molar-refractivity contribution in [2.24, 2.45) is 0 Å². The normalized spacial score (nSPS) is 16.8. The summed E-state index contributed by atoms with van der Waals surface area (Å²) in [6.07, 6.45) is 2.53. The van der Waals surface area contributed by atoms with Crippen LogP contribution >= 0.6 is 0 Å². The van der Waals surface area contributed by atoms with Crippen molar-refractivity contribution in [2.45, 2.75) is 37.7 Å². The third kappa shape index (κ3) is 4.45. The Morgan fingerprint density at radius 2 is 1.58 bits per heavy atom. The summed E-state index contributed by atoms with van der Waals surface area (Å²) in [7, 11) is 0. The van der Waals surface area contributed by atoms with Crippen LogP contribution in [0.4, 0.5) is 0 Å². The van der Waals surface area contributed by atoms with Gasteiger partial charge >= 0.3 is 0 Å². The highest BCUT2D eigenvalue weighted by molar-refractivity contribution is 5.77. The van der Waals surface area contributed by atoms with Gasteiger partial charge in [0.1, 0.15) is 0 Å². The van der Waals surface area contributed by atoms with Crippen LogP contribution in [-0.2, 0) is 11.2 Å². The van der Waals surface area contributed by atoms with Crippen molar-refractivity contribution in [3.05, 3.63) is 71.8 Å². The van der Waals surface area contributed by atoms with Gasteiger partial charge in [-0.1, -0.05) is 60.7 Å². The van der Waals surface area contributed by atoms with Crippen LogP contribution in [0.1, 0.15) is 36.3 Å². The van der Waals surface area contributed by atoms with Crippen molar-refractivity contribution in [3.8, 4) is 0 Å². The first-order valence-electron chi connectivity index (χ1n) is 8.77. The summed E-state index contributed by atoms with van der Waals surface area (Å²) < 4.78 is 0. The number of aliphatic hydroxyl groups is 1. The van der Waals surface area contributed by atoms with Crippen molar-refractivity contribution in [2.75, 3.05) is 13.1 Å².